The maximum absolute atomic E-state index is 12.8. The Balaban J connectivity index is 1.65. The van der Waals surface area contributed by atoms with Crippen molar-refractivity contribution in [3.8, 4) is 0 Å². The molecule has 3 heterocycles. The molecule has 23 heavy (non-hydrogen) atoms. The highest BCUT2D eigenvalue weighted by molar-refractivity contribution is 7.09. The van der Waals surface area contributed by atoms with Crippen molar-refractivity contribution in [1.29, 1.82) is 0 Å². The molecule has 2 aliphatic heterocycles. The Morgan fingerprint density at radius 1 is 1.30 bits per heavy atom. The van der Waals surface area contributed by atoms with Gasteiger partial charge in [-0.1, -0.05) is 6.07 Å². The van der Waals surface area contributed by atoms with Crippen LogP contribution in [0.5, 0.6) is 0 Å². The Hall–Kier alpha value is -1.85. The zero-order valence-corrected chi connectivity index (χ0v) is 14.0. The molecule has 1 saturated heterocycles. The molecule has 1 aromatic heterocycles. The molecular weight excluding hydrogens is 308 g/mol. The lowest BCUT2D eigenvalue weighted by Crippen LogP contribution is -2.42. The molecule has 1 amide bonds. The van der Waals surface area contributed by atoms with Crippen LogP contribution in [0.1, 0.15) is 23.3 Å². The summed E-state index contributed by atoms with van der Waals surface area (Å²) in [6, 6.07) is 10.5. The Labute approximate surface area is 140 Å². The van der Waals surface area contributed by atoms with Crippen molar-refractivity contribution in [2.45, 2.75) is 24.8 Å². The SMILES string of the molecule is CN1C(=O)C2(CCOCC2)c2cc(NCc3cccs3)ccc21. The van der Waals surface area contributed by atoms with Gasteiger partial charge in [-0.15, -0.1) is 11.3 Å². The molecule has 0 atom stereocenters. The molecule has 1 fully saturated rings. The van der Waals surface area contributed by atoms with E-state index in [0.717, 1.165) is 36.3 Å². The third kappa shape index (κ3) is 2.35. The fraction of sp³-hybridized carbons (Fsp3) is 0.389. The number of fused-ring (bicyclic) bond motifs is 2. The molecule has 2 aromatic rings. The predicted molar refractivity (Wildman–Crippen MR) is 93.2 cm³/mol. The molecule has 4 nitrogen and oxygen atoms in total. The summed E-state index contributed by atoms with van der Waals surface area (Å²) in [7, 11) is 1.88. The van der Waals surface area contributed by atoms with Gasteiger partial charge in [-0.3, -0.25) is 4.79 Å². The van der Waals surface area contributed by atoms with Crippen LogP contribution in [0.3, 0.4) is 0 Å². The summed E-state index contributed by atoms with van der Waals surface area (Å²) in [5.74, 6) is 0.214. The number of carbonyl (C=O) groups excluding carboxylic acids is 1. The normalized spacial score (nSPS) is 19.2. The maximum Gasteiger partial charge on any atom is 0.237 e. The fourth-order valence-electron chi connectivity index (χ4n) is 3.67. The molecule has 0 saturated carbocycles. The van der Waals surface area contributed by atoms with E-state index in [-0.39, 0.29) is 11.3 Å². The van der Waals surface area contributed by atoms with E-state index in [4.69, 9.17) is 4.74 Å². The number of benzene rings is 1. The highest BCUT2D eigenvalue weighted by Gasteiger charge is 2.50. The van der Waals surface area contributed by atoms with Crippen LogP contribution in [0.4, 0.5) is 11.4 Å². The Bertz CT molecular complexity index is 721. The lowest BCUT2D eigenvalue weighted by atomic mass is 9.75. The van der Waals surface area contributed by atoms with E-state index in [1.807, 2.05) is 11.9 Å². The molecule has 1 N–H and O–H groups in total. The van der Waals surface area contributed by atoms with E-state index in [2.05, 4.69) is 41.0 Å². The number of carbonyl (C=O) groups is 1. The van der Waals surface area contributed by atoms with Crippen LogP contribution < -0.4 is 10.2 Å². The Kier molecular flexibility index (Phi) is 3.62. The van der Waals surface area contributed by atoms with Crippen molar-refractivity contribution in [3.05, 3.63) is 46.2 Å². The number of rotatable bonds is 3. The quantitative estimate of drug-likeness (QED) is 0.939. The second-order valence-corrected chi connectivity index (χ2v) is 7.26. The smallest absolute Gasteiger partial charge is 0.237 e. The van der Waals surface area contributed by atoms with Gasteiger partial charge < -0.3 is 15.0 Å². The molecular formula is C18H20N2O2S. The van der Waals surface area contributed by atoms with Crippen molar-refractivity contribution in [1.82, 2.24) is 0 Å². The van der Waals surface area contributed by atoms with Crippen LogP contribution in [-0.4, -0.2) is 26.2 Å². The summed E-state index contributed by atoms with van der Waals surface area (Å²) < 4.78 is 5.50. The molecule has 5 heteroatoms. The molecule has 1 aromatic carbocycles. The summed E-state index contributed by atoms with van der Waals surface area (Å²) in [5.41, 5.74) is 2.89. The lowest BCUT2D eigenvalue weighted by molar-refractivity contribution is -0.126. The highest BCUT2D eigenvalue weighted by Crippen LogP contribution is 2.47. The van der Waals surface area contributed by atoms with E-state index in [1.165, 1.54) is 4.88 Å². The van der Waals surface area contributed by atoms with Gasteiger partial charge in [-0.25, -0.2) is 0 Å². The lowest BCUT2D eigenvalue weighted by Gasteiger charge is -2.32. The van der Waals surface area contributed by atoms with Crippen LogP contribution in [0.2, 0.25) is 0 Å². The second kappa shape index (κ2) is 5.65. The minimum absolute atomic E-state index is 0.214. The largest absolute Gasteiger partial charge is 0.381 e. The van der Waals surface area contributed by atoms with E-state index in [0.29, 0.717) is 13.2 Å². The zero-order chi connectivity index (χ0) is 15.9. The zero-order valence-electron chi connectivity index (χ0n) is 13.2. The van der Waals surface area contributed by atoms with Crippen LogP contribution in [0, 0.1) is 0 Å². The van der Waals surface area contributed by atoms with Crippen molar-refractivity contribution >= 4 is 28.6 Å². The van der Waals surface area contributed by atoms with Crippen molar-refractivity contribution in [2.24, 2.45) is 0 Å². The Morgan fingerprint density at radius 3 is 2.87 bits per heavy atom. The highest BCUT2D eigenvalue weighted by atomic mass is 32.1. The molecule has 0 unspecified atom stereocenters. The number of ether oxygens (including phenoxy) is 1. The molecule has 1 spiro atoms. The molecule has 120 valence electrons. The minimum Gasteiger partial charge on any atom is -0.381 e. The molecule has 2 aliphatic rings. The first kappa shape index (κ1) is 14.7. The van der Waals surface area contributed by atoms with Crippen LogP contribution in [-0.2, 0) is 21.5 Å². The number of nitrogens with zero attached hydrogens (tertiary/aromatic N) is 1. The molecule has 4 rings (SSSR count). The first-order chi connectivity index (χ1) is 11.2. The van der Waals surface area contributed by atoms with Gasteiger partial charge in [0.15, 0.2) is 0 Å². The first-order valence-electron chi connectivity index (χ1n) is 7.97. The summed E-state index contributed by atoms with van der Waals surface area (Å²) in [6.07, 6.45) is 1.55. The van der Waals surface area contributed by atoms with E-state index < -0.39 is 0 Å². The summed E-state index contributed by atoms with van der Waals surface area (Å²) >= 11 is 1.75. The van der Waals surface area contributed by atoms with Gasteiger partial charge >= 0.3 is 0 Å². The number of hydrogen-bond donors (Lipinski definition) is 1. The van der Waals surface area contributed by atoms with E-state index >= 15 is 0 Å². The summed E-state index contributed by atoms with van der Waals surface area (Å²) in [5, 5.41) is 5.57. The number of anilines is 2. The van der Waals surface area contributed by atoms with Crippen molar-refractivity contribution in [2.75, 3.05) is 30.5 Å². The number of likely N-dealkylation sites (N-methyl/N-ethyl adjacent to an activating group) is 1. The number of nitrogens with one attached hydrogen (secondary N) is 1. The van der Waals surface area contributed by atoms with Crippen LogP contribution in [0.15, 0.2) is 35.7 Å². The van der Waals surface area contributed by atoms with Crippen LogP contribution in [0.25, 0.3) is 0 Å². The minimum atomic E-state index is -0.386. The average Bonchev–Trinajstić information content (AvgIpc) is 3.18. The van der Waals surface area contributed by atoms with Gasteiger partial charge in [0.25, 0.3) is 0 Å². The number of hydrogen-bond acceptors (Lipinski definition) is 4. The first-order valence-corrected chi connectivity index (χ1v) is 8.85. The average molecular weight is 328 g/mol. The molecule has 0 radical (unpaired) electrons. The molecule has 0 bridgehead atoms. The third-order valence-electron chi connectivity index (χ3n) is 4.98. The fourth-order valence-corrected chi connectivity index (χ4v) is 4.32. The monoisotopic (exact) mass is 328 g/mol. The van der Waals surface area contributed by atoms with Gasteiger partial charge in [0.05, 0.1) is 5.41 Å². The summed E-state index contributed by atoms with van der Waals surface area (Å²) in [6.45, 7) is 2.13. The van der Waals surface area contributed by atoms with Crippen molar-refractivity contribution < 1.29 is 9.53 Å². The van der Waals surface area contributed by atoms with Gasteiger partial charge in [0.1, 0.15) is 0 Å². The van der Waals surface area contributed by atoms with Gasteiger partial charge in [-0.2, -0.15) is 0 Å². The summed E-state index contributed by atoms with van der Waals surface area (Å²) in [4.78, 5) is 16.0. The van der Waals surface area contributed by atoms with E-state index in [9.17, 15) is 4.79 Å². The third-order valence-corrected chi connectivity index (χ3v) is 5.86. The number of thiophene rings is 1. The second-order valence-electron chi connectivity index (χ2n) is 6.22. The predicted octanol–water partition coefficient (Wildman–Crippen LogP) is 3.38. The van der Waals surface area contributed by atoms with Crippen molar-refractivity contribution in [3.63, 3.8) is 0 Å². The van der Waals surface area contributed by atoms with Gasteiger partial charge in [0.2, 0.25) is 5.91 Å². The molecule has 0 aliphatic carbocycles. The maximum atomic E-state index is 12.8. The number of amides is 1. The Morgan fingerprint density at radius 2 is 2.13 bits per heavy atom. The standard InChI is InChI=1S/C18H20N2O2S/c1-20-16-5-4-13(19-12-14-3-2-10-23-14)11-15(16)18(17(20)21)6-8-22-9-7-18/h2-5,10-11,19H,6-9,12H2,1H3. The van der Waals surface area contributed by atoms with Gasteiger partial charge in [0, 0.05) is 43.1 Å². The van der Waals surface area contributed by atoms with Gasteiger partial charge in [-0.05, 0) is 48.1 Å². The van der Waals surface area contributed by atoms with Crippen LogP contribution >= 0.6 is 11.3 Å². The topological polar surface area (TPSA) is 41.6 Å². The van der Waals surface area contributed by atoms with E-state index in [1.54, 1.807) is 11.3 Å².